The average molecular weight is 230 g/mol. The van der Waals surface area contributed by atoms with Gasteiger partial charge < -0.3 is 4.52 Å². The number of alkyl halides is 1. The van der Waals surface area contributed by atoms with E-state index in [0.29, 0.717) is 11.5 Å². The summed E-state index contributed by atoms with van der Waals surface area (Å²) in [4.78, 5) is 0. The Bertz CT molecular complexity index is 484. The second kappa shape index (κ2) is 3.98. The zero-order valence-electron chi connectivity index (χ0n) is 7.51. The third-order valence-electron chi connectivity index (χ3n) is 1.90. The maximum absolute atomic E-state index is 13.3. The summed E-state index contributed by atoms with van der Waals surface area (Å²) in [6.45, 7) is 0. The van der Waals surface area contributed by atoms with Gasteiger partial charge in [-0.25, -0.2) is 8.78 Å². The molecule has 0 atom stereocenters. The van der Waals surface area contributed by atoms with E-state index in [1.807, 2.05) is 0 Å². The van der Waals surface area contributed by atoms with Gasteiger partial charge >= 0.3 is 0 Å². The molecule has 2 nitrogen and oxygen atoms in total. The van der Waals surface area contributed by atoms with E-state index in [9.17, 15) is 8.78 Å². The van der Waals surface area contributed by atoms with E-state index in [1.165, 1.54) is 12.1 Å². The van der Waals surface area contributed by atoms with Crippen LogP contribution in [0.15, 0.2) is 28.8 Å². The van der Waals surface area contributed by atoms with Crippen LogP contribution in [0.25, 0.3) is 11.3 Å². The van der Waals surface area contributed by atoms with E-state index >= 15 is 0 Å². The molecule has 0 spiro atoms. The summed E-state index contributed by atoms with van der Waals surface area (Å²) in [5, 5.41) is 3.63. The molecular weight excluding hydrogens is 224 g/mol. The Morgan fingerprint density at radius 1 is 1.27 bits per heavy atom. The van der Waals surface area contributed by atoms with Gasteiger partial charge in [-0.1, -0.05) is 5.16 Å². The van der Waals surface area contributed by atoms with E-state index in [4.69, 9.17) is 16.1 Å². The zero-order valence-corrected chi connectivity index (χ0v) is 8.26. The van der Waals surface area contributed by atoms with Crippen LogP contribution in [0.5, 0.6) is 0 Å². The molecule has 15 heavy (non-hydrogen) atoms. The first-order valence-corrected chi connectivity index (χ1v) is 4.71. The number of hydrogen-bond acceptors (Lipinski definition) is 2. The minimum atomic E-state index is -0.676. The lowest BCUT2D eigenvalue weighted by Gasteiger charge is -1.97. The SMILES string of the molecule is Fc1ccc(-c2cc(CCl)on2)c(F)c1. The predicted molar refractivity (Wildman–Crippen MR) is 51.4 cm³/mol. The molecule has 0 radical (unpaired) electrons. The number of nitrogens with zero attached hydrogens (tertiary/aromatic N) is 1. The van der Waals surface area contributed by atoms with Crippen LogP contribution >= 0.6 is 11.6 Å². The van der Waals surface area contributed by atoms with Gasteiger partial charge in [-0.15, -0.1) is 11.6 Å². The van der Waals surface area contributed by atoms with Gasteiger partial charge in [0, 0.05) is 17.7 Å². The first-order chi connectivity index (χ1) is 7.20. The summed E-state index contributed by atoms with van der Waals surface area (Å²) in [7, 11) is 0. The van der Waals surface area contributed by atoms with Gasteiger partial charge in [0.15, 0.2) is 5.76 Å². The molecule has 0 bridgehead atoms. The standard InChI is InChI=1S/C10H6ClF2NO/c11-5-7-4-10(14-15-7)8-2-1-6(12)3-9(8)13/h1-4H,5H2. The molecule has 1 heterocycles. The van der Waals surface area contributed by atoms with E-state index in [-0.39, 0.29) is 11.4 Å². The molecule has 0 aliphatic rings. The third kappa shape index (κ3) is 1.99. The Morgan fingerprint density at radius 3 is 2.67 bits per heavy atom. The van der Waals surface area contributed by atoms with E-state index in [0.717, 1.165) is 12.1 Å². The van der Waals surface area contributed by atoms with Crippen molar-refractivity contribution < 1.29 is 13.3 Å². The number of rotatable bonds is 2. The Hall–Kier alpha value is -1.42. The molecule has 2 aromatic rings. The van der Waals surface area contributed by atoms with Crippen LogP contribution in [0.2, 0.25) is 0 Å². The Kier molecular flexibility index (Phi) is 2.68. The molecule has 0 saturated carbocycles. The Balaban J connectivity index is 2.44. The lowest BCUT2D eigenvalue weighted by molar-refractivity contribution is 0.396. The Labute approximate surface area is 89.5 Å². The molecular formula is C10H6ClF2NO. The van der Waals surface area contributed by atoms with Crippen molar-refractivity contribution in [1.29, 1.82) is 0 Å². The average Bonchev–Trinajstić information content (AvgIpc) is 2.66. The van der Waals surface area contributed by atoms with Crippen molar-refractivity contribution in [2.24, 2.45) is 0 Å². The van der Waals surface area contributed by atoms with Crippen LogP contribution < -0.4 is 0 Å². The van der Waals surface area contributed by atoms with Gasteiger partial charge in [0.1, 0.15) is 17.3 Å². The van der Waals surface area contributed by atoms with Gasteiger partial charge in [0.25, 0.3) is 0 Å². The number of benzene rings is 1. The number of halogens is 3. The molecule has 0 aliphatic carbocycles. The lowest BCUT2D eigenvalue weighted by Crippen LogP contribution is -1.85. The fraction of sp³-hybridized carbons (Fsp3) is 0.100. The molecule has 5 heteroatoms. The third-order valence-corrected chi connectivity index (χ3v) is 2.16. The van der Waals surface area contributed by atoms with Crippen molar-refractivity contribution >= 4 is 11.6 Å². The van der Waals surface area contributed by atoms with E-state index in [1.54, 1.807) is 0 Å². The van der Waals surface area contributed by atoms with Crippen molar-refractivity contribution in [2.75, 3.05) is 0 Å². The smallest absolute Gasteiger partial charge is 0.152 e. The zero-order chi connectivity index (χ0) is 10.8. The minimum absolute atomic E-state index is 0.163. The van der Waals surface area contributed by atoms with Crippen LogP contribution in [0.3, 0.4) is 0 Å². The van der Waals surface area contributed by atoms with E-state index < -0.39 is 11.6 Å². The first-order valence-electron chi connectivity index (χ1n) is 4.17. The molecule has 0 amide bonds. The molecule has 78 valence electrons. The molecule has 0 fully saturated rings. The highest BCUT2D eigenvalue weighted by Gasteiger charge is 2.11. The monoisotopic (exact) mass is 229 g/mol. The van der Waals surface area contributed by atoms with Crippen LogP contribution in [-0.2, 0) is 5.88 Å². The van der Waals surface area contributed by atoms with Gasteiger partial charge in [-0.3, -0.25) is 0 Å². The summed E-state index contributed by atoms with van der Waals surface area (Å²) in [6, 6.07) is 4.78. The van der Waals surface area contributed by atoms with Crippen LogP contribution in [0.4, 0.5) is 8.78 Å². The number of aromatic nitrogens is 1. The topological polar surface area (TPSA) is 26.0 Å². The minimum Gasteiger partial charge on any atom is -0.359 e. The number of hydrogen-bond donors (Lipinski definition) is 0. The molecule has 2 rings (SSSR count). The predicted octanol–water partition coefficient (Wildman–Crippen LogP) is 3.36. The van der Waals surface area contributed by atoms with Crippen LogP contribution in [0, 0.1) is 11.6 Å². The van der Waals surface area contributed by atoms with Crippen molar-refractivity contribution in [3.8, 4) is 11.3 Å². The van der Waals surface area contributed by atoms with E-state index in [2.05, 4.69) is 5.16 Å². The van der Waals surface area contributed by atoms with Crippen molar-refractivity contribution in [3.63, 3.8) is 0 Å². The quantitative estimate of drug-likeness (QED) is 0.738. The van der Waals surface area contributed by atoms with Crippen molar-refractivity contribution in [1.82, 2.24) is 5.16 Å². The second-order valence-electron chi connectivity index (χ2n) is 2.94. The van der Waals surface area contributed by atoms with Crippen molar-refractivity contribution in [2.45, 2.75) is 5.88 Å². The Morgan fingerprint density at radius 2 is 2.07 bits per heavy atom. The lowest BCUT2D eigenvalue weighted by atomic mass is 10.1. The molecule has 0 aliphatic heterocycles. The highest BCUT2D eigenvalue weighted by molar-refractivity contribution is 6.16. The van der Waals surface area contributed by atoms with Gasteiger partial charge in [-0.05, 0) is 12.1 Å². The van der Waals surface area contributed by atoms with Gasteiger partial charge in [0.2, 0.25) is 0 Å². The molecule has 0 unspecified atom stereocenters. The van der Waals surface area contributed by atoms with Crippen molar-refractivity contribution in [3.05, 3.63) is 41.7 Å². The molecule has 0 saturated heterocycles. The highest BCUT2D eigenvalue weighted by Crippen LogP contribution is 2.23. The molecule has 1 aromatic carbocycles. The largest absolute Gasteiger partial charge is 0.359 e. The molecule has 0 N–H and O–H groups in total. The maximum atomic E-state index is 13.3. The van der Waals surface area contributed by atoms with Gasteiger partial charge in [0.05, 0.1) is 5.88 Å². The van der Waals surface area contributed by atoms with Gasteiger partial charge in [-0.2, -0.15) is 0 Å². The summed E-state index contributed by atoms with van der Waals surface area (Å²) in [5.41, 5.74) is 0.500. The summed E-state index contributed by atoms with van der Waals surface area (Å²) < 4.78 is 30.7. The first kappa shape index (κ1) is 10.1. The fourth-order valence-corrected chi connectivity index (χ4v) is 1.33. The second-order valence-corrected chi connectivity index (χ2v) is 3.20. The highest BCUT2D eigenvalue weighted by atomic mass is 35.5. The molecule has 1 aromatic heterocycles. The summed E-state index contributed by atoms with van der Waals surface area (Å²) in [6.07, 6.45) is 0. The van der Waals surface area contributed by atoms with Crippen LogP contribution in [-0.4, -0.2) is 5.16 Å². The van der Waals surface area contributed by atoms with Crippen LogP contribution in [0.1, 0.15) is 5.76 Å². The normalized spacial score (nSPS) is 10.6. The maximum Gasteiger partial charge on any atom is 0.152 e. The summed E-state index contributed by atoms with van der Waals surface area (Å²) >= 11 is 5.51. The summed E-state index contributed by atoms with van der Waals surface area (Å²) in [5.74, 6) is -0.701. The fourth-order valence-electron chi connectivity index (χ4n) is 1.20.